The number of hydrogen-bond donors (Lipinski definition) is 0. The van der Waals surface area contributed by atoms with E-state index in [1.54, 1.807) is 0 Å². The Labute approximate surface area is 277 Å². The van der Waals surface area contributed by atoms with Crippen molar-refractivity contribution >= 4 is 103 Å². The molecule has 0 saturated carbocycles. The van der Waals surface area contributed by atoms with Crippen LogP contribution in [-0.2, 0) is 0 Å². The molecular weight excluding hydrogens is 607 g/mol. The summed E-state index contributed by atoms with van der Waals surface area (Å²) in [6.07, 6.45) is 0. The average Bonchev–Trinajstić information content (AvgIpc) is 3.87. The van der Waals surface area contributed by atoms with Crippen molar-refractivity contribution in [3.05, 3.63) is 151 Å². The number of aromatic nitrogens is 2. The van der Waals surface area contributed by atoms with Crippen molar-refractivity contribution in [2.24, 2.45) is 0 Å². The minimum absolute atomic E-state index is 0.656. The van der Waals surface area contributed by atoms with E-state index in [1.165, 1.54) is 36.5 Å². The highest BCUT2D eigenvalue weighted by Gasteiger charge is 2.18. The molecule has 0 aliphatic carbocycles. The minimum atomic E-state index is 0.656. The number of nitrogens with zero attached hydrogens (tertiary/aromatic N) is 3. The van der Waals surface area contributed by atoms with Crippen molar-refractivity contribution in [1.29, 1.82) is 0 Å². The molecule has 11 aromatic rings. The van der Waals surface area contributed by atoms with Crippen LogP contribution in [0.25, 0.3) is 102 Å². The molecule has 0 radical (unpaired) electrons. The van der Waals surface area contributed by atoms with E-state index in [9.17, 15) is 0 Å². The zero-order valence-corrected chi connectivity index (χ0v) is 26.3. The Morgan fingerprint density at radius 3 is 1.71 bits per heavy atom. The third kappa shape index (κ3) is 3.42. The predicted molar refractivity (Wildman–Crippen MR) is 202 cm³/mol. The maximum Gasteiger partial charge on any atom is 0.188 e. The molecule has 4 heterocycles. The monoisotopic (exact) mass is 629 g/mol. The van der Waals surface area contributed by atoms with E-state index in [0.717, 1.165) is 60.6 Å². The maximum absolute atomic E-state index is 7.58. The molecule has 0 atom stereocenters. The number of fused-ring (bicyclic) bond motifs is 12. The molecule has 4 nitrogen and oxygen atoms in total. The minimum Gasteiger partial charge on any atom is -0.456 e. The molecule has 0 unspecified atom stereocenters. The molecule has 222 valence electrons. The Morgan fingerprint density at radius 2 is 1.02 bits per heavy atom. The highest BCUT2D eigenvalue weighted by atomic mass is 32.1. The zero-order chi connectivity index (χ0) is 31.5. The van der Waals surface area contributed by atoms with E-state index < -0.39 is 0 Å². The molecule has 4 aromatic heterocycles. The zero-order valence-electron chi connectivity index (χ0n) is 25.4. The Morgan fingerprint density at radius 1 is 0.438 bits per heavy atom. The first-order valence-electron chi connectivity index (χ1n) is 16.0. The third-order valence-electron chi connectivity index (χ3n) is 9.91. The Balaban J connectivity index is 1.17. The van der Waals surface area contributed by atoms with E-state index in [1.807, 2.05) is 35.6 Å². The van der Waals surface area contributed by atoms with Crippen LogP contribution in [0.5, 0.6) is 0 Å². The fourth-order valence-corrected chi connectivity index (χ4v) is 8.87. The first kappa shape index (κ1) is 25.8. The molecule has 0 spiro atoms. The molecule has 0 N–H and O–H groups in total. The van der Waals surface area contributed by atoms with E-state index >= 15 is 0 Å². The van der Waals surface area contributed by atoms with Gasteiger partial charge in [0, 0.05) is 64.5 Å². The van der Waals surface area contributed by atoms with E-state index in [2.05, 4.69) is 129 Å². The standard InChI is InChI=1S/C43H23N3OS/c1-44-25-14-17-38-31(20-25)28-8-2-5-11-36(28)45(38)26-15-18-42-34(21-26)35-22-27(16-19-43(35)48-42)46-37-12-6-3-9-29(37)32-23-33-30-10-4-7-13-40(30)47-41(33)24-39(32)46/h2-24H. The van der Waals surface area contributed by atoms with Gasteiger partial charge in [0.15, 0.2) is 5.69 Å². The van der Waals surface area contributed by atoms with Gasteiger partial charge in [-0.05, 0) is 78.2 Å². The van der Waals surface area contributed by atoms with Gasteiger partial charge in [0.2, 0.25) is 0 Å². The van der Waals surface area contributed by atoms with Gasteiger partial charge in [0.1, 0.15) is 11.2 Å². The van der Waals surface area contributed by atoms with Gasteiger partial charge in [0.05, 0.1) is 28.6 Å². The van der Waals surface area contributed by atoms with Gasteiger partial charge in [-0.15, -0.1) is 11.3 Å². The van der Waals surface area contributed by atoms with Gasteiger partial charge in [-0.3, -0.25) is 0 Å². The lowest BCUT2D eigenvalue weighted by Crippen LogP contribution is -1.94. The molecule has 0 amide bonds. The number of para-hydroxylation sites is 3. The summed E-state index contributed by atoms with van der Waals surface area (Å²) >= 11 is 1.83. The quantitative estimate of drug-likeness (QED) is 0.175. The highest BCUT2D eigenvalue weighted by molar-refractivity contribution is 7.25. The lowest BCUT2D eigenvalue weighted by Gasteiger charge is -2.10. The normalized spacial score (nSPS) is 12.1. The lowest BCUT2D eigenvalue weighted by molar-refractivity contribution is 0.669. The molecule has 0 aliphatic heterocycles. The molecule has 11 rings (SSSR count). The molecule has 48 heavy (non-hydrogen) atoms. The highest BCUT2D eigenvalue weighted by Crippen LogP contribution is 2.42. The molecule has 5 heteroatoms. The van der Waals surface area contributed by atoms with Crippen molar-refractivity contribution in [2.45, 2.75) is 0 Å². The number of benzene rings is 7. The van der Waals surface area contributed by atoms with Crippen LogP contribution in [0.2, 0.25) is 0 Å². The van der Waals surface area contributed by atoms with Crippen molar-refractivity contribution in [2.75, 3.05) is 0 Å². The average molecular weight is 630 g/mol. The van der Waals surface area contributed by atoms with Gasteiger partial charge in [-0.2, -0.15) is 0 Å². The van der Waals surface area contributed by atoms with Crippen LogP contribution in [0.15, 0.2) is 144 Å². The number of rotatable bonds is 2. The summed E-state index contributed by atoms with van der Waals surface area (Å²) in [5, 5.41) is 9.45. The molecule has 7 aromatic carbocycles. The van der Waals surface area contributed by atoms with Gasteiger partial charge >= 0.3 is 0 Å². The van der Waals surface area contributed by atoms with Crippen LogP contribution < -0.4 is 0 Å². The predicted octanol–water partition coefficient (Wildman–Crippen LogP) is 12.7. The van der Waals surface area contributed by atoms with Gasteiger partial charge in [-0.1, -0.05) is 60.7 Å². The largest absolute Gasteiger partial charge is 0.456 e. The smallest absolute Gasteiger partial charge is 0.188 e. The Kier molecular flexibility index (Phi) is 5.03. The summed E-state index contributed by atoms with van der Waals surface area (Å²) in [7, 11) is 0. The van der Waals surface area contributed by atoms with Crippen LogP contribution in [-0.4, -0.2) is 9.13 Å². The SMILES string of the molecule is [C-]#[N+]c1ccc2c(c1)c1ccccc1n2-c1ccc2sc3ccc(-n4c5ccccc5c5cc6c(cc54)oc4ccccc46)cc3c2c1. The van der Waals surface area contributed by atoms with Crippen molar-refractivity contribution in [3.8, 4) is 11.4 Å². The molecule has 0 aliphatic rings. The second-order valence-electron chi connectivity index (χ2n) is 12.4. The van der Waals surface area contributed by atoms with Gasteiger partial charge in [0.25, 0.3) is 0 Å². The van der Waals surface area contributed by atoms with E-state index in [-0.39, 0.29) is 0 Å². The summed E-state index contributed by atoms with van der Waals surface area (Å²) in [5.41, 5.74) is 9.24. The Bertz CT molecular complexity index is 3200. The Hall–Kier alpha value is -6.35. The molecule has 0 fully saturated rings. The number of thiophene rings is 1. The lowest BCUT2D eigenvalue weighted by atomic mass is 10.1. The van der Waals surface area contributed by atoms with Crippen molar-refractivity contribution in [1.82, 2.24) is 9.13 Å². The maximum atomic E-state index is 7.58. The van der Waals surface area contributed by atoms with Gasteiger partial charge in [-0.25, -0.2) is 4.85 Å². The first-order chi connectivity index (χ1) is 23.7. The van der Waals surface area contributed by atoms with Crippen LogP contribution >= 0.6 is 11.3 Å². The summed E-state index contributed by atoms with van der Waals surface area (Å²) in [4.78, 5) is 3.70. The molecular formula is C43H23N3OS. The summed E-state index contributed by atoms with van der Waals surface area (Å²) in [5.74, 6) is 0. The summed E-state index contributed by atoms with van der Waals surface area (Å²) in [6, 6.07) is 49.6. The van der Waals surface area contributed by atoms with Gasteiger partial charge < -0.3 is 13.6 Å². The number of hydrogen-bond acceptors (Lipinski definition) is 2. The van der Waals surface area contributed by atoms with Crippen molar-refractivity contribution in [3.63, 3.8) is 0 Å². The van der Waals surface area contributed by atoms with Crippen LogP contribution in [0.4, 0.5) is 5.69 Å². The first-order valence-corrected chi connectivity index (χ1v) is 16.8. The van der Waals surface area contributed by atoms with E-state index in [4.69, 9.17) is 11.0 Å². The fraction of sp³-hybridized carbons (Fsp3) is 0. The summed E-state index contributed by atoms with van der Waals surface area (Å²) in [6.45, 7) is 7.58. The van der Waals surface area contributed by atoms with Crippen molar-refractivity contribution < 1.29 is 4.42 Å². The molecule has 0 bridgehead atoms. The van der Waals surface area contributed by atoms with Crippen LogP contribution in [0.1, 0.15) is 0 Å². The van der Waals surface area contributed by atoms with Crippen LogP contribution in [0, 0.1) is 6.57 Å². The summed E-state index contributed by atoms with van der Waals surface area (Å²) < 4.78 is 13.6. The van der Waals surface area contributed by atoms with Crippen LogP contribution in [0.3, 0.4) is 0 Å². The van der Waals surface area contributed by atoms with E-state index in [0.29, 0.717) is 5.69 Å². The molecule has 0 saturated heterocycles. The second-order valence-corrected chi connectivity index (χ2v) is 13.5. The third-order valence-corrected chi connectivity index (χ3v) is 11.1. The fourth-order valence-electron chi connectivity index (χ4n) is 7.81. The number of furan rings is 1. The topological polar surface area (TPSA) is 27.4 Å². The second kappa shape index (κ2) is 9.36.